The monoisotopic (exact) mass is 189 g/mol. The van der Waals surface area contributed by atoms with Crippen LogP contribution in [0.15, 0.2) is 24.3 Å². The molecule has 1 aliphatic rings. The quantitative estimate of drug-likeness (QED) is 0.698. The molecule has 1 N–H and O–H groups in total. The smallest absolute Gasteiger partial charge is 0.0340 e. The molecular weight excluding hydrogens is 170 g/mol. The zero-order valence-corrected chi connectivity index (χ0v) is 8.92. The van der Waals surface area contributed by atoms with Gasteiger partial charge in [-0.15, -0.1) is 0 Å². The Hall–Kier alpha value is -0.980. The summed E-state index contributed by atoms with van der Waals surface area (Å²) < 4.78 is 0. The van der Waals surface area contributed by atoms with Gasteiger partial charge in [0.1, 0.15) is 0 Å². The van der Waals surface area contributed by atoms with Gasteiger partial charge < -0.3 is 5.32 Å². The molecule has 1 aromatic rings. The van der Waals surface area contributed by atoms with E-state index in [-0.39, 0.29) is 0 Å². The van der Waals surface area contributed by atoms with Gasteiger partial charge in [0.15, 0.2) is 0 Å². The molecule has 0 saturated heterocycles. The lowest BCUT2D eigenvalue weighted by Crippen LogP contribution is -2.01. The van der Waals surface area contributed by atoms with Crippen molar-refractivity contribution < 1.29 is 0 Å². The Labute approximate surface area is 86.5 Å². The molecule has 0 bridgehead atoms. The lowest BCUT2D eigenvalue weighted by Gasteiger charge is -2.05. The maximum absolute atomic E-state index is 3.46. The Morgan fingerprint density at radius 3 is 2.57 bits per heavy atom. The minimum Gasteiger partial charge on any atom is -0.385 e. The molecule has 1 heteroatoms. The van der Waals surface area contributed by atoms with Crippen molar-refractivity contribution in [1.29, 1.82) is 0 Å². The molecule has 2 rings (SSSR count). The number of hydrogen-bond donors (Lipinski definition) is 1. The first-order valence-electron chi connectivity index (χ1n) is 5.65. The molecule has 0 heterocycles. The summed E-state index contributed by atoms with van der Waals surface area (Å²) in [7, 11) is 0. The highest BCUT2D eigenvalue weighted by Gasteiger charge is 2.19. The molecule has 0 radical (unpaired) electrons. The molecule has 0 aromatic heterocycles. The van der Waals surface area contributed by atoms with Gasteiger partial charge >= 0.3 is 0 Å². The first kappa shape index (κ1) is 9.57. The molecule has 1 nitrogen and oxygen atoms in total. The summed E-state index contributed by atoms with van der Waals surface area (Å²) in [6.45, 7) is 3.25. The van der Waals surface area contributed by atoms with Gasteiger partial charge in [-0.3, -0.25) is 0 Å². The van der Waals surface area contributed by atoms with Crippen LogP contribution in [0, 0.1) is 12.8 Å². The standard InChI is InChI=1S/C13H19N/c1-11-4-8-13(9-5-11)14-10-2-3-12-6-7-12/h4-5,8-9,12,14H,2-3,6-7,10H2,1H3. The van der Waals surface area contributed by atoms with Crippen molar-refractivity contribution in [2.75, 3.05) is 11.9 Å². The molecule has 0 amide bonds. The average Bonchev–Trinajstić information content (AvgIpc) is 2.99. The van der Waals surface area contributed by atoms with Crippen molar-refractivity contribution in [2.45, 2.75) is 32.6 Å². The van der Waals surface area contributed by atoms with Crippen LogP contribution in [0.2, 0.25) is 0 Å². The van der Waals surface area contributed by atoms with E-state index in [0.717, 1.165) is 12.5 Å². The van der Waals surface area contributed by atoms with Crippen LogP contribution in [0.1, 0.15) is 31.2 Å². The number of benzene rings is 1. The summed E-state index contributed by atoms with van der Waals surface area (Å²) in [6.07, 6.45) is 5.69. The van der Waals surface area contributed by atoms with Gasteiger partial charge in [-0.2, -0.15) is 0 Å². The van der Waals surface area contributed by atoms with Crippen LogP contribution >= 0.6 is 0 Å². The summed E-state index contributed by atoms with van der Waals surface area (Å²) in [6, 6.07) is 8.63. The van der Waals surface area contributed by atoms with Crippen LogP contribution in [0.3, 0.4) is 0 Å². The Morgan fingerprint density at radius 2 is 1.93 bits per heavy atom. The lowest BCUT2D eigenvalue weighted by atomic mass is 10.2. The van der Waals surface area contributed by atoms with Crippen LogP contribution in [0.25, 0.3) is 0 Å². The van der Waals surface area contributed by atoms with E-state index in [0.29, 0.717) is 0 Å². The fourth-order valence-corrected chi connectivity index (χ4v) is 1.70. The molecule has 76 valence electrons. The molecule has 1 fully saturated rings. The van der Waals surface area contributed by atoms with E-state index < -0.39 is 0 Å². The van der Waals surface area contributed by atoms with Crippen LogP contribution in [0.5, 0.6) is 0 Å². The second kappa shape index (κ2) is 4.50. The highest BCUT2D eigenvalue weighted by atomic mass is 14.9. The predicted octanol–water partition coefficient (Wildman–Crippen LogP) is 3.60. The molecular formula is C13H19N. The van der Waals surface area contributed by atoms with Gasteiger partial charge in [-0.25, -0.2) is 0 Å². The average molecular weight is 189 g/mol. The number of anilines is 1. The summed E-state index contributed by atoms with van der Waals surface area (Å²) in [5, 5.41) is 3.46. The van der Waals surface area contributed by atoms with Crippen LogP contribution in [-0.4, -0.2) is 6.54 Å². The van der Waals surface area contributed by atoms with Crippen molar-refractivity contribution in [2.24, 2.45) is 5.92 Å². The normalized spacial score (nSPS) is 15.5. The van der Waals surface area contributed by atoms with Crippen molar-refractivity contribution in [3.05, 3.63) is 29.8 Å². The zero-order chi connectivity index (χ0) is 9.80. The summed E-state index contributed by atoms with van der Waals surface area (Å²) >= 11 is 0. The van der Waals surface area contributed by atoms with E-state index in [1.807, 2.05) is 0 Å². The Bertz CT molecular complexity index is 272. The molecule has 1 saturated carbocycles. The largest absolute Gasteiger partial charge is 0.385 e. The van der Waals surface area contributed by atoms with Crippen molar-refractivity contribution in [1.82, 2.24) is 0 Å². The first-order valence-corrected chi connectivity index (χ1v) is 5.65. The first-order chi connectivity index (χ1) is 6.84. The third kappa shape index (κ3) is 3.06. The molecule has 0 aliphatic heterocycles. The van der Waals surface area contributed by atoms with Crippen LogP contribution < -0.4 is 5.32 Å². The van der Waals surface area contributed by atoms with Gasteiger partial charge in [0.25, 0.3) is 0 Å². The van der Waals surface area contributed by atoms with E-state index >= 15 is 0 Å². The van der Waals surface area contributed by atoms with E-state index in [2.05, 4.69) is 36.5 Å². The molecule has 0 atom stereocenters. The molecule has 0 spiro atoms. The zero-order valence-electron chi connectivity index (χ0n) is 8.92. The minimum atomic E-state index is 1.06. The minimum absolute atomic E-state index is 1.06. The molecule has 1 aromatic carbocycles. The fraction of sp³-hybridized carbons (Fsp3) is 0.538. The summed E-state index contributed by atoms with van der Waals surface area (Å²) in [5.74, 6) is 1.06. The second-order valence-electron chi connectivity index (χ2n) is 4.38. The third-order valence-corrected chi connectivity index (χ3v) is 2.87. The Kier molecular flexibility index (Phi) is 3.07. The van der Waals surface area contributed by atoms with E-state index in [4.69, 9.17) is 0 Å². The summed E-state index contributed by atoms with van der Waals surface area (Å²) in [5.41, 5.74) is 2.58. The van der Waals surface area contributed by atoms with Crippen molar-refractivity contribution >= 4 is 5.69 Å². The topological polar surface area (TPSA) is 12.0 Å². The predicted molar refractivity (Wildman–Crippen MR) is 61.6 cm³/mol. The van der Waals surface area contributed by atoms with Gasteiger partial charge in [0.2, 0.25) is 0 Å². The Balaban J connectivity index is 1.66. The molecule has 14 heavy (non-hydrogen) atoms. The van der Waals surface area contributed by atoms with E-state index in [1.165, 1.54) is 36.9 Å². The van der Waals surface area contributed by atoms with Gasteiger partial charge in [0.05, 0.1) is 0 Å². The highest BCUT2D eigenvalue weighted by molar-refractivity contribution is 5.44. The number of rotatable bonds is 5. The summed E-state index contributed by atoms with van der Waals surface area (Å²) in [4.78, 5) is 0. The SMILES string of the molecule is Cc1ccc(NCCCC2CC2)cc1. The van der Waals surface area contributed by atoms with Crippen LogP contribution in [-0.2, 0) is 0 Å². The van der Waals surface area contributed by atoms with Gasteiger partial charge in [0, 0.05) is 12.2 Å². The second-order valence-corrected chi connectivity index (χ2v) is 4.38. The van der Waals surface area contributed by atoms with Crippen molar-refractivity contribution in [3.63, 3.8) is 0 Å². The van der Waals surface area contributed by atoms with Crippen molar-refractivity contribution in [3.8, 4) is 0 Å². The van der Waals surface area contributed by atoms with E-state index in [9.17, 15) is 0 Å². The maximum atomic E-state index is 3.46. The number of aryl methyl sites for hydroxylation is 1. The molecule has 1 aliphatic carbocycles. The number of nitrogens with one attached hydrogen (secondary N) is 1. The lowest BCUT2D eigenvalue weighted by molar-refractivity contribution is 0.687. The fourth-order valence-electron chi connectivity index (χ4n) is 1.70. The van der Waals surface area contributed by atoms with E-state index in [1.54, 1.807) is 0 Å². The highest BCUT2D eigenvalue weighted by Crippen LogP contribution is 2.33. The Morgan fingerprint density at radius 1 is 1.21 bits per heavy atom. The van der Waals surface area contributed by atoms with Gasteiger partial charge in [-0.1, -0.05) is 30.5 Å². The van der Waals surface area contributed by atoms with Gasteiger partial charge in [-0.05, 0) is 37.8 Å². The molecule has 0 unspecified atom stereocenters. The third-order valence-electron chi connectivity index (χ3n) is 2.87. The van der Waals surface area contributed by atoms with Crippen LogP contribution in [0.4, 0.5) is 5.69 Å². The maximum Gasteiger partial charge on any atom is 0.0340 e. The number of hydrogen-bond acceptors (Lipinski definition) is 1.